The van der Waals surface area contributed by atoms with E-state index in [0.29, 0.717) is 18.9 Å². The summed E-state index contributed by atoms with van der Waals surface area (Å²) in [6, 6.07) is 7.66. The second-order valence-corrected chi connectivity index (χ2v) is 5.84. The normalized spacial score (nSPS) is 10.9. The first-order valence-electron chi connectivity index (χ1n) is 8.36. The molecule has 0 saturated heterocycles. The largest absolute Gasteiger partial charge is 0.492 e. The third-order valence-electron chi connectivity index (χ3n) is 3.92. The van der Waals surface area contributed by atoms with Crippen molar-refractivity contribution < 1.29 is 18.7 Å². The van der Waals surface area contributed by atoms with Crippen LogP contribution >= 0.6 is 0 Å². The molecule has 0 radical (unpaired) electrons. The van der Waals surface area contributed by atoms with Crippen LogP contribution < -0.4 is 10.3 Å². The summed E-state index contributed by atoms with van der Waals surface area (Å²) in [5.41, 5.74) is 0.998. The van der Waals surface area contributed by atoms with E-state index in [4.69, 9.17) is 13.9 Å². The number of carbonyl (C=O) groups excluding carboxylic acids is 1. The quantitative estimate of drug-likeness (QED) is 0.632. The second-order valence-electron chi connectivity index (χ2n) is 5.84. The van der Waals surface area contributed by atoms with E-state index in [0.717, 1.165) is 11.3 Å². The molecule has 0 spiro atoms. The van der Waals surface area contributed by atoms with Gasteiger partial charge in [-0.25, -0.2) is 9.78 Å². The Morgan fingerprint density at radius 1 is 1.31 bits per heavy atom. The van der Waals surface area contributed by atoms with Gasteiger partial charge in [0.05, 0.1) is 13.2 Å². The van der Waals surface area contributed by atoms with Crippen LogP contribution in [0.2, 0.25) is 0 Å². The molecule has 0 aliphatic rings. The molecule has 2 heterocycles. The van der Waals surface area contributed by atoms with Gasteiger partial charge < -0.3 is 13.9 Å². The number of ether oxygens (including phenoxy) is 2. The molecule has 7 heteroatoms. The maximum Gasteiger partial charge on any atom is 0.342 e. The van der Waals surface area contributed by atoms with Gasteiger partial charge in [-0.1, -0.05) is 12.1 Å². The van der Waals surface area contributed by atoms with Gasteiger partial charge in [0.2, 0.25) is 5.71 Å². The van der Waals surface area contributed by atoms with Crippen molar-refractivity contribution in [2.75, 3.05) is 13.2 Å². The number of carbonyl (C=O) groups is 1. The minimum Gasteiger partial charge on any atom is -0.492 e. The standard InChI is InChI=1S/C19H20N2O5/c1-4-24-19(23)15-13(3)26-17-16(15)18(22)21(11-20-17)8-9-25-14-7-5-6-12(2)10-14/h5-7,10-11H,4,8-9H2,1-3H3. The summed E-state index contributed by atoms with van der Waals surface area (Å²) in [6.07, 6.45) is 1.39. The van der Waals surface area contributed by atoms with E-state index >= 15 is 0 Å². The molecule has 0 fully saturated rings. The number of hydrogen-bond acceptors (Lipinski definition) is 6. The van der Waals surface area contributed by atoms with Crippen LogP contribution in [0.15, 0.2) is 39.8 Å². The lowest BCUT2D eigenvalue weighted by atomic mass is 10.2. The van der Waals surface area contributed by atoms with Gasteiger partial charge in [0.1, 0.15) is 35.4 Å². The number of nitrogens with zero attached hydrogens (tertiary/aromatic N) is 2. The highest BCUT2D eigenvalue weighted by Gasteiger charge is 2.23. The highest BCUT2D eigenvalue weighted by atomic mass is 16.5. The average molecular weight is 356 g/mol. The van der Waals surface area contributed by atoms with Crippen molar-refractivity contribution in [3.8, 4) is 5.75 Å². The van der Waals surface area contributed by atoms with E-state index in [9.17, 15) is 9.59 Å². The maximum atomic E-state index is 12.8. The van der Waals surface area contributed by atoms with E-state index in [2.05, 4.69) is 4.98 Å². The predicted molar refractivity (Wildman–Crippen MR) is 95.6 cm³/mol. The topological polar surface area (TPSA) is 83.6 Å². The zero-order valence-electron chi connectivity index (χ0n) is 14.9. The van der Waals surface area contributed by atoms with Crippen LogP contribution in [0.1, 0.15) is 28.6 Å². The Morgan fingerprint density at radius 2 is 2.12 bits per heavy atom. The number of furan rings is 1. The molecule has 0 bridgehead atoms. The molecule has 0 atom stereocenters. The molecular formula is C19H20N2O5. The Labute approximate surface area is 150 Å². The summed E-state index contributed by atoms with van der Waals surface area (Å²) in [7, 11) is 0. The Hall–Kier alpha value is -3.09. The van der Waals surface area contributed by atoms with Crippen LogP contribution in [-0.2, 0) is 11.3 Å². The molecule has 1 aromatic carbocycles. The lowest BCUT2D eigenvalue weighted by molar-refractivity contribution is 0.0526. The number of hydrogen-bond donors (Lipinski definition) is 0. The van der Waals surface area contributed by atoms with Gasteiger partial charge in [-0.15, -0.1) is 0 Å². The zero-order chi connectivity index (χ0) is 18.7. The molecule has 0 unspecified atom stereocenters. The molecule has 3 rings (SSSR count). The summed E-state index contributed by atoms with van der Waals surface area (Å²) in [4.78, 5) is 29.1. The lowest BCUT2D eigenvalue weighted by Crippen LogP contribution is -2.24. The number of rotatable bonds is 6. The molecule has 0 amide bonds. The first-order chi connectivity index (χ1) is 12.5. The smallest absolute Gasteiger partial charge is 0.342 e. The third-order valence-corrected chi connectivity index (χ3v) is 3.92. The minimum atomic E-state index is -0.587. The number of benzene rings is 1. The maximum absolute atomic E-state index is 12.8. The number of esters is 1. The Morgan fingerprint density at radius 3 is 2.85 bits per heavy atom. The first kappa shape index (κ1) is 17.7. The molecular weight excluding hydrogens is 336 g/mol. The number of aromatic nitrogens is 2. The predicted octanol–water partition coefficient (Wildman–Crippen LogP) is 2.86. The molecule has 136 valence electrons. The highest BCUT2D eigenvalue weighted by molar-refractivity contribution is 6.03. The van der Waals surface area contributed by atoms with Crippen molar-refractivity contribution in [1.82, 2.24) is 9.55 Å². The van der Waals surface area contributed by atoms with Crippen LogP contribution in [-0.4, -0.2) is 28.7 Å². The number of aryl methyl sites for hydroxylation is 2. The fourth-order valence-corrected chi connectivity index (χ4v) is 2.71. The van der Waals surface area contributed by atoms with Gasteiger partial charge >= 0.3 is 5.97 Å². The Bertz CT molecular complexity index is 1000. The molecule has 0 aliphatic carbocycles. The summed E-state index contributed by atoms with van der Waals surface area (Å²) >= 11 is 0. The van der Waals surface area contributed by atoms with Crippen LogP contribution in [0.3, 0.4) is 0 Å². The number of fused-ring (bicyclic) bond motifs is 1. The van der Waals surface area contributed by atoms with Gasteiger partial charge in [0.25, 0.3) is 5.56 Å². The summed E-state index contributed by atoms with van der Waals surface area (Å²) in [6.45, 7) is 6.09. The monoisotopic (exact) mass is 356 g/mol. The lowest BCUT2D eigenvalue weighted by Gasteiger charge is -2.08. The van der Waals surface area contributed by atoms with Crippen molar-refractivity contribution >= 4 is 17.1 Å². The molecule has 0 saturated carbocycles. The van der Waals surface area contributed by atoms with Gasteiger partial charge in [-0.05, 0) is 38.5 Å². The average Bonchev–Trinajstić information content (AvgIpc) is 2.94. The van der Waals surface area contributed by atoms with Crippen LogP contribution in [0.25, 0.3) is 11.1 Å². The molecule has 0 N–H and O–H groups in total. The van der Waals surface area contributed by atoms with E-state index in [-0.39, 0.29) is 28.8 Å². The minimum absolute atomic E-state index is 0.131. The van der Waals surface area contributed by atoms with Gasteiger partial charge in [-0.2, -0.15) is 0 Å². The SMILES string of the molecule is CCOC(=O)c1c(C)oc2ncn(CCOc3cccc(C)c3)c(=O)c12. The van der Waals surface area contributed by atoms with E-state index in [1.54, 1.807) is 13.8 Å². The van der Waals surface area contributed by atoms with Crippen molar-refractivity contribution in [2.45, 2.75) is 27.3 Å². The van der Waals surface area contributed by atoms with Crippen molar-refractivity contribution in [3.05, 3.63) is 57.8 Å². The van der Waals surface area contributed by atoms with Gasteiger partial charge in [0.15, 0.2) is 0 Å². The van der Waals surface area contributed by atoms with Gasteiger partial charge in [-0.3, -0.25) is 9.36 Å². The van der Waals surface area contributed by atoms with Crippen LogP contribution in [0, 0.1) is 13.8 Å². The molecule has 26 heavy (non-hydrogen) atoms. The Kier molecular flexibility index (Phi) is 5.06. The first-order valence-corrected chi connectivity index (χ1v) is 8.36. The molecule has 0 aliphatic heterocycles. The zero-order valence-corrected chi connectivity index (χ0v) is 14.9. The van der Waals surface area contributed by atoms with Crippen LogP contribution in [0.4, 0.5) is 0 Å². The summed E-state index contributed by atoms with van der Waals surface area (Å²) in [5.74, 6) is 0.465. The molecule has 3 aromatic rings. The third kappa shape index (κ3) is 3.46. The summed E-state index contributed by atoms with van der Waals surface area (Å²) < 4.78 is 17.5. The van der Waals surface area contributed by atoms with Crippen LogP contribution in [0.5, 0.6) is 5.75 Å². The fraction of sp³-hybridized carbons (Fsp3) is 0.316. The summed E-state index contributed by atoms with van der Waals surface area (Å²) in [5, 5.41) is 0.138. The van der Waals surface area contributed by atoms with Crippen molar-refractivity contribution in [3.63, 3.8) is 0 Å². The highest BCUT2D eigenvalue weighted by Crippen LogP contribution is 2.21. The Balaban J connectivity index is 1.85. The van der Waals surface area contributed by atoms with Crippen molar-refractivity contribution in [1.29, 1.82) is 0 Å². The fourth-order valence-electron chi connectivity index (χ4n) is 2.71. The van der Waals surface area contributed by atoms with E-state index < -0.39 is 5.97 Å². The molecule has 7 nitrogen and oxygen atoms in total. The second kappa shape index (κ2) is 7.43. The van der Waals surface area contributed by atoms with E-state index in [1.807, 2.05) is 31.2 Å². The molecule has 2 aromatic heterocycles. The van der Waals surface area contributed by atoms with E-state index in [1.165, 1.54) is 10.9 Å². The van der Waals surface area contributed by atoms with Gasteiger partial charge in [0, 0.05) is 0 Å². The van der Waals surface area contributed by atoms with Crippen molar-refractivity contribution in [2.24, 2.45) is 0 Å².